The molecule has 1 N–H and O–H groups in total. The van der Waals surface area contributed by atoms with Crippen LogP contribution in [0.1, 0.15) is 19.8 Å². The van der Waals surface area contributed by atoms with E-state index in [0.29, 0.717) is 19.6 Å². The van der Waals surface area contributed by atoms with E-state index in [4.69, 9.17) is 44.3 Å². The van der Waals surface area contributed by atoms with Gasteiger partial charge in [0.1, 0.15) is 17.7 Å². The molecular weight excluding hydrogens is 413 g/mol. The van der Waals surface area contributed by atoms with Gasteiger partial charge in [0, 0.05) is 18.1 Å². The second kappa shape index (κ2) is 7.44. The number of ether oxygens (including phenoxy) is 2. The molecule has 2 saturated heterocycles. The fourth-order valence-corrected chi connectivity index (χ4v) is 5.10. The average molecular weight is 431 g/mol. The van der Waals surface area contributed by atoms with E-state index in [-0.39, 0.29) is 22.9 Å². The van der Waals surface area contributed by atoms with Gasteiger partial charge in [-0.1, -0.05) is 34.8 Å². The Balaban J connectivity index is 1.79. The van der Waals surface area contributed by atoms with E-state index >= 15 is 0 Å². The number of allylic oxidation sites excluding steroid dienone is 1. The molecule has 10 heteroatoms. The lowest BCUT2D eigenvalue weighted by Crippen LogP contribution is -2.60. The molecule has 0 aromatic rings. The van der Waals surface area contributed by atoms with Crippen LogP contribution in [-0.4, -0.2) is 57.0 Å². The van der Waals surface area contributed by atoms with Crippen LogP contribution < -0.4 is 0 Å². The Bertz CT molecular complexity index is 600. The number of thioether (sulfide) groups is 1. The highest BCUT2D eigenvalue weighted by Gasteiger charge is 2.58. The van der Waals surface area contributed by atoms with Crippen LogP contribution in [0.2, 0.25) is 0 Å². The maximum absolute atomic E-state index is 12.5. The summed E-state index contributed by atoms with van der Waals surface area (Å²) in [6, 6.07) is 0. The zero-order valence-electron chi connectivity index (χ0n) is 13.4. The van der Waals surface area contributed by atoms with E-state index in [1.165, 1.54) is 16.7 Å². The molecule has 0 aromatic carbocycles. The number of halogens is 3. The number of aliphatic hydroxyl groups is 1. The first-order chi connectivity index (χ1) is 11.7. The van der Waals surface area contributed by atoms with Crippen molar-refractivity contribution in [2.24, 2.45) is 11.8 Å². The normalized spacial score (nSPS) is 30.4. The molecule has 6 nitrogen and oxygen atoms in total. The van der Waals surface area contributed by atoms with Crippen molar-refractivity contribution in [3.8, 4) is 0 Å². The number of carbonyl (C=O) groups is 2. The maximum atomic E-state index is 12.5. The monoisotopic (exact) mass is 429 g/mol. The Morgan fingerprint density at radius 2 is 2.24 bits per heavy atom. The molecule has 0 radical (unpaired) electrons. The molecule has 0 spiro atoms. The zero-order chi connectivity index (χ0) is 18.4. The van der Waals surface area contributed by atoms with E-state index in [0.717, 1.165) is 11.3 Å². The summed E-state index contributed by atoms with van der Waals surface area (Å²) >= 11 is 18.3. The molecular formula is C15H18Cl3NO5S. The molecule has 1 amide bonds. The summed E-state index contributed by atoms with van der Waals surface area (Å²) in [4.78, 5) is 27.1. The Morgan fingerprint density at radius 1 is 1.52 bits per heavy atom. The van der Waals surface area contributed by atoms with E-state index in [1.54, 1.807) is 6.92 Å². The van der Waals surface area contributed by atoms with Crippen LogP contribution in [0.15, 0.2) is 10.6 Å². The number of alkyl halides is 3. The van der Waals surface area contributed by atoms with Gasteiger partial charge in [-0.3, -0.25) is 9.69 Å². The SMILES string of the molecule is C[C@@H](O)[C@H]1C(=O)N2C(C(=O)OCC(Cl)(Cl)Cl)=C(CC3CCOC3)S[C@H]12. The first kappa shape index (κ1) is 19.6. The largest absolute Gasteiger partial charge is 0.456 e. The smallest absolute Gasteiger partial charge is 0.356 e. The van der Waals surface area contributed by atoms with Gasteiger partial charge in [0.05, 0.1) is 12.0 Å². The number of carbonyl (C=O) groups excluding carboxylic acids is 2. The molecule has 3 aliphatic heterocycles. The molecule has 0 aromatic heterocycles. The van der Waals surface area contributed by atoms with Crippen molar-refractivity contribution in [3.05, 3.63) is 10.6 Å². The Labute approximate surface area is 164 Å². The highest BCUT2D eigenvalue weighted by molar-refractivity contribution is 8.04. The van der Waals surface area contributed by atoms with Crippen LogP contribution in [0.5, 0.6) is 0 Å². The minimum Gasteiger partial charge on any atom is -0.456 e. The maximum Gasteiger partial charge on any atom is 0.356 e. The van der Waals surface area contributed by atoms with Crippen molar-refractivity contribution in [3.63, 3.8) is 0 Å². The van der Waals surface area contributed by atoms with Gasteiger partial charge < -0.3 is 14.6 Å². The van der Waals surface area contributed by atoms with Gasteiger partial charge in [-0.2, -0.15) is 0 Å². The number of hydrogen-bond acceptors (Lipinski definition) is 6. The second-order valence-electron chi connectivity index (χ2n) is 6.38. The molecule has 0 bridgehead atoms. The number of amides is 1. The minimum atomic E-state index is -1.72. The highest BCUT2D eigenvalue weighted by atomic mass is 35.6. The van der Waals surface area contributed by atoms with E-state index in [2.05, 4.69) is 0 Å². The van der Waals surface area contributed by atoms with Crippen LogP contribution >= 0.6 is 46.6 Å². The molecule has 4 atom stereocenters. The Hall–Kier alpha value is -0.180. The molecule has 0 saturated carbocycles. The molecule has 140 valence electrons. The summed E-state index contributed by atoms with van der Waals surface area (Å²) < 4.78 is 8.75. The third kappa shape index (κ3) is 4.06. The molecule has 3 rings (SSSR count). The van der Waals surface area contributed by atoms with Gasteiger partial charge in [-0.25, -0.2) is 4.79 Å². The van der Waals surface area contributed by atoms with Crippen LogP contribution in [0.4, 0.5) is 0 Å². The first-order valence-corrected chi connectivity index (χ1v) is 9.93. The lowest BCUT2D eigenvalue weighted by atomic mass is 9.92. The molecule has 25 heavy (non-hydrogen) atoms. The lowest BCUT2D eigenvalue weighted by Gasteiger charge is -2.43. The van der Waals surface area contributed by atoms with Crippen LogP contribution in [0, 0.1) is 11.8 Å². The fraction of sp³-hybridized carbons (Fsp3) is 0.733. The number of fused-ring (bicyclic) bond motifs is 1. The van der Waals surface area contributed by atoms with Crippen LogP contribution in [-0.2, 0) is 19.1 Å². The van der Waals surface area contributed by atoms with E-state index in [1.807, 2.05) is 0 Å². The summed E-state index contributed by atoms with van der Waals surface area (Å²) in [5, 5.41) is 9.54. The molecule has 3 aliphatic rings. The summed E-state index contributed by atoms with van der Waals surface area (Å²) in [5.41, 5.74) is 0.207. The number of β-lactam (4-membered cyclic amide) rings is 1. The predicted molar refractivity (Wildman–Crippen MR) is 95.2 cm³/mol. The second-order valence-corrected chi connectivity index (χ2v) is 10.1. The van der Waals surface area contributed by atoms with E-state index < -0.39 is 28.4 Å². The van der Waals surface area contributed by atoms with E-state index in [9.17, 15) is 14.7 Å². The topological polar surface area (TPSA) is 76.1 Å². The van der Waals surface area contributed by atoms with Crippen molar-refractivity contribution >= 4 is 58.4 Å². The van der Waals surface area contributed by atoms with Gasteiger partial charge in [0.25, 0.3) is 0 Å². The lowest BCUT2D eigenvalue weighted by molar-refractivity contribution is -0.158. The minimum absolute atomic E-state index is 0.207. The highest BCUT2D eigenvalue weighted by Crippen LogP contribution is 2.52. The summed E-state index contributed by atoms with van der Waals surface area (Å²) in [6.45, 7) is 2.48. The first-order valence-electron chi connectivity index (χ1n) is 7.91. The third-order valence-electron chi connectivity index (χ3n) is 4.43. The summed E-state index contributed by atoms with van der Waals surface area (Å²) in [7, 11) is 0. The van der Waals surface area contributed by atoms with Crippen molar-refractivity contribution in [2.75, 3.05) is 19.8 Å². The third-order valence-corrected chi connectivity index (χ3v) is 6.15. The van der Waals surface area contributed by atoms with Gasteiger partial charge in [0.15, 0.2) is 0 Å². The number of esters is 1. The number of aliphatic hydroxyl groups excluding tert-OH is 1. The Kier molecular flexibility index (Phi) is 5.83. The van der Waals surface area contributed by atoms with Crippen molar-refractivity contribution in [2.45, 2.75) is 35.0 Å². The number of rotatable bonds is 5. The quantitative estimate of drug-likeness (QED) is 0.410. The van der Waals surface area contributed by atoms with Crippen LogP contribution in [0.25, 0.3) is 0 Å². The summed E-state index contributed by atoms with van der Waals surface area (Å²) in [5.74, 6) is -1.21. The number of hydrogen-bond donors (Lipinski definition) is 1. The van der Waals surface area contributed by atoms with Crippen molar-refractivity contribution in [1.29, 1.82) is 0 Å². The van der Waals surface area contributed by atoms with Crippen molar-refractivity contribution in [1.82, 2.24) is 4.90 Å². The van der Waals surface area contributed by atoms with Crippen molar-refractivity contribution < 1.29 is 24.2 Å². The molecule has 0 aliphatic carbocycles. The molecule has 1 unspecified atom stereocenters. The van der Waals surface area contributed by atoms with Crippen LogP contribution in [0.3, 0.4) is 0 Å². The van der Waals surface area contributed by atoms with Gasteiger partial charge in [0.2, 0.25) is 9.70 Å². The standard InChI is InChI=1S/C15H18Cl3NO5S/c1-7(20)10-12(21)19-11(14(22)24-6-15(16,17)18)9(25-13(10)19)4-8-2-3-23-5-8/h7-8,10,13,20H,2-6H2,1H3/t7-,8?,10+,13-/m1/s1. The zero-order valence-corrected chi connectivity index (χ0v) is 16.5. The number of nitrogens with zero attached hydrogens (tertiary/aromatic N) is 1. The predicted octanol–water partition coefficient (Wildman–Crippen LogP) is 2.45. The molecule has 2 fully saturated rings. The van der Waals surface area contributed by atoms with Gasteiger partial charge >= 0.3 is 5.97 Å². The summed E-state index contributed by atoms with van der Waals surface area (Å²) in [6.07, 6.45) is 0.739. The van der Waals surface area contributed by atoms with Gasteiger partial charge in [-0.15, -0.1) is 11.8 Å². The fourth-order valence-electron chi connectivity index (χ4n) is 3.21. The average Bonchev–Trinajstić information content (AvgIpc) is 3.10. The Morgan fingerprint density at radius 3 is 2.80 bits per heavy atom. The van der Waals surface area contributed by atoms with Gasteiger partial charge in [-0.05, 0) is 25.7 Å². The molecule has 3 heterocycles.